The van der Waals surface area contributed by atoms with Gasteiger partial charge in [0.15, 0.2) is 0 Å². The molecule has 106 valence electrons. The largest absolute Gasteiger partial charge is 0.409 e. The summed E-state index contributed by atoms with van der Waals surface area (Å²) in [5, 5.41) is 15.5. The van der Waals surface area contributed by atoms with Gasteiger partial charge in [0.05, 0.1) is 0 Å². The van der Waals surface area contributed by atoms with E-state index in [1.807, 2.05) is 13.8 Å². The molecule has 1 aliphatic rings. The molecule has 0 saturated heterocycles. The average Bonchev–Trinajstić information content (AvgIpc) is 2.26. The minimum Gasteiger partial charge on any atom is -0.409 e. The molecular formula is C14H29N3O. The van der Waals surface area contributed by atoms with Crippen LogP contribution in [0.25, 0.3) is 0 Å². The third kappa shape index (κ3) is 4.48. The number of nitrogens with zero attached hydrogens (tertiary/aromatic N) is 1. The van der Waals surface area contributed by atoms with Crippen molar-refractivity contribution < 1.29 is 5.21 Å². The maximum atomic E-state index is 8.73. The number of rotatable bonds is 5. The van der Waals surface area contributed by atoms with E-state index in [1.54, 1.807) is 0 Å². The summed E-state index contributed by atoms with van der Waals surface area (Å²) in [6.45, 7) is 9.62. The van der Waals surface area contributed by atoms with E-state index in [2.05, 4.69) is 24.3 Å². The molecule has 1 rings (SSSR count). The molecule has 1 fully saturated rings. The van der Waals surface area contributed by atoms with E-state index < -0.39 is 0 Å². The smallest absolute Gasteiger partial charge is 0.144 e. The molecule has 0 bridgehead atoms. The number of hydrogen-bond acceptors (Lipinski definition) is 3. The summed E-state index contributed by atoms with van der Waals surface area (Å²) in [6, 6.07) is 0.631. The van der Waals surface area contributed by atoms with E-state index in [0.717, 1.165) is 24.8 Å². The van der Waals surface area contributed by atoms with Crippen LogP contribution in [-0.2, 0) is 0 Å². The summed E-state index contributed by atoms with van der Waals surface area (Å²) in [5.41, 5.74) is 5.44. The highest BCUT2D eigenvalue weighted by Gasteiger charge is 2.26. The van der Waals surface area contributed by atoms with Gasteiger partial charge in [-0.2, -0.15) is 0 Å². The first-order valence-electron chi connectivity index (χ1n) is 7.06. The van der Waals surface area contributed by atoms with Crippen LogP contribution >= 0.6 is 0 Å². The van der Waals surface area contributed by atoms with Crippen LogP contribution in [0.4, 0.5) is 0 Å². The Kier molecular flexibility index (Phi) is 5.45. The van der Waals surface area contributed by atoms with Gasteiger partial charge in [-0.25, -0.2) is 0 Å². The van der Waals surface area contributed by atoms with Gasteiger partial charge in [-0.3, -0.25) is 0 Å². The van der Waals surface area contributed by atoms with Gasteiger partial charge in [-0.05, 0) is 44.1 Å². The molecule has 0 aromatic rings. The Balaban J connectivity index is 2.33. The fourth-order valence-corrected chi connectivity index (χ4v) is 2.97. The standard InChI is InChI=1S/C14H29N3O/c1-10-7-11(2)9-12(8-10)16-6-5-14(3,4)13(15)17-18/h10-12,16,18H,5-9H2,1-4H3,(H2,15,17). The van der Waals surface area contributed by atoms with Crippen molar-refractivity contribution in [1.29, 1.82) is 0 Å². The van der Waals surface area contributed by atoms with Gasteiger partial charge in [-0.15, -0.1) is 0 Å². The molecule has 0 aromatic carbocycles. The predicted molar refractivity (Wildman–Crippen MR) is 75.8 cm³/mol. The Hall–Kier alpha value is -0.770. The van der Waals surface area contributed by atoms with Crippen molar-refractivity contribution in [2.24, 2.45) is 28.1 Å². The molecule has 2 atom stereocenters. The fraction of sp³-hybridized carbons (Fsp3) is 0.929. The van der Waals surface area contributed by atoms with Crippen LogP contribution in [0.5, 0.6) is 0 Å². The Labute approximate surface area is 111 Å². The van der Waals surface area contributed by atoms with Crippen LogP contribution in [0.2, 0.25) is 0 Å². The van der Waals surface area contributed by atoms with Gasteiger partial charge in [0.2, 0.25) is 0 Å². The SMILES string of the molecule is CC1CC(C)CC(NCCC(C)(C)C(N)=NO)C1. The van der Waals surface area contributed by atoms with Crippen molar-refractivity contribution in [3.05, 3.63) is 0 Å². The van der Waals surface area contributed by atoms with Crippen LogP contribution in [0, 0.1) is 17.3 Å². The van der Waals surface area contributed by atoms with Crippen molar-refractivity contribution in [3.63, 3.8) is 0 Å². The topological polar surface area (TPSA) is 70.6 Å². The van der Waals surface area contributed by atoms with Crippen LogP contribution in [-0.4, -0.2) is 23.6 Å². The maximum Gasteiger partial charge on any atom is 0.144 e. The molecule has 0 aliphatic heterocycles. The van der Waals surface area contributed by atoms with Gasteiger partial charge in [0, 0.05) is 11.5 Å². The Morgan fingerprint density at radius 1 is 1.28 bits per heavy atom. The highest BCUT2D eigenvalue weighted by Crippen LogP contribution is 2.28. The van der Waals surface area contributed by atoms with Crippen LogP contribution in [0.15, 0.2) is 5.16 Å². The van der Waals surface area contributed by atoms with E-state index >= 15 is 0 Å². The highest BCUT2D eigenvalue weighted by molar-refractivity contribution is 5.85. The molecule has 1 aliphatic carbocycles. The second kappa shape index (κ2) is 6.41. The van der Waals surface area contributed by atoms with Gasteiger partial charge in [0.25, 0.3) is 0 Å². The highest BCUT2D eigenvalue weighted by atomic mass is 16.4. The van der Waals surface area contributed by atoms with E-state index in [4.69, 9.17) is 10.9 Å². The van der Waals surface area contributed by atoms with Crippen molar-refractivity contribution in [3.8, 4) is 0 Å². The minimum atomic E-state index is -0.242. The quantitative estimate of drug-likeness (QED) is 0.306. The van der Waals surface area contributed by atoms with Crippen molar-refractivity contribution >= 4 is 5.84 Å². The lowest BCUT2D eigenvalue weighted by Gasteiger charge is -2.33. The Morgan fingerprint density at radius 2 is 1.83 bits per heavy atom. The van der Waals surface area contributed by atoms with Crippen molar-refractivity contribution in [1.82, 2.24) is 5.32 Å². The van der Waals surface area contributed by atoms with Crippen LogP contribution < -0.4 is 11.1 Å². The third-order valence-corrected chi connectivity index (χ3v) is 4.16. The molecule has 2 unspecified atom stereocenters. The third-order valence-electron chi connectivity index (χ3n) is 4.16. The number of nitrogens with two attached hydrogens (primary N) is 1. The number of oxime groups is 1. The molecule has 4 nitrogen and oxygen atoms in total. The van der Waals surface area contributed by atoms with Gasteiger partial charge in [0.1, 0.15) is 5.84 Å². The maximum absolute atomic E-state index is 8.73. The molecule has 0 spiro atoms. The molecular weight excluding hydrogens is 226 g/mol. The normalized spacial score (nSPS) is 30.4. The van der Waals surface area contributed by atoms with Gasteiger partial charge < -0.3 is 16.3 Å². The van der Waals surface area contributed by atoms with E-state index in [0.29, 0.717) is 11.9 Å². The summed E-state index contributed by atoms with van der Waals surface area (Å²) in [7, 11) is 0. The lowest BCUT2D eigenvalue weighted by Crippen LogP contribution is -2.40. The zero-order valence-corrected chi connectivity index (χ0v) is 12.2. The lowest BCUT2D eigenvalue weighted by atomic mass is 9.80. The number of amidine groups is 1. The first-order valence-corrected chi connectivity index (χ1v) is 7.06. The monoisotopic (exact) mass is 255 g/mol. The van der Waals surface area contributed by atoms with E-state index in [9.17, 15) is 0 Å². The molecule has 0 heterocycles. The minimum absolute atomic E-state index is 0.242. The second-order valence-corrected chi connectivity index (χ2v) is 6.69. The summed E-state index contributed by atoms with van der Waals surface area (Å²) in [5.74, 6) is 1.96. The number of nitrogens with one attached hydrogen (secondary N) is 1. The molecule has 4 N–H and O–H groups in total. The van der Waals surface area contributed by atoms with Gasteiger partial charge >= 0.3 is 0 Å². The zero-order valence-electron chi connectivity index (χ0n) is 12.2. The Bertz CT molecular complexity index is 279. The van der Waals surface area contributed by atoms with Gasteiger partial charge in [-0.1, -0.05) is 32.9 Å². The lowest BCUT2D eigenvalue weighted by molar-refractivity contribution is 0.234. The van der Waals surface area contributed by atoms with Crippen LogP contribution in [0.1, 0.15) is 53.4 Å². The summed E-state index contributed by atoms with van der Waals surface area (Å²) < 4.78 is 0. The van der Waals surface area contributed by atoms with Crippen LogP contribution in [0.3, 0.4) is 0 Å². The summed E-state index contributed by atoms with van der Waals surface area (Å²) in [6.07, 6.45) is 4.79. The second-order valence-electron chi connectivity index (χ2n) is 6.69. The van der Waals surface area contributed by atoms with Crippen molar-refractivity contribution in [2.45, 2.75) is 59.4 Å². The van der Waals surface area contributed by atoms with Crippen molar-refractivity contribution in [2.75, 3.05) is 6.54 Å². The fourth-order valence-electron chi connectivity index (χ4n) is 2.97. The molecule has 18 heavy (non-hydrogen) atoms. The zero-order chi connectivity index (χ0) is 13.8. The molecule has 0 radical (unpaired) electrons. The predicted octanol–water partition coefficient (Wildman–Crippen LogP) is 2.56. The molecule has 0 aromatic heterocycles. The first kappa shape index (κ1) is 15.3. The first-order chi connectivity index (χ1) is 8.35. The summed E-state index contributed by atoms with van der Waals surface area (Å²) in [4.78, 5) is 0. The Morgan fingerprint density at radius 3 is 2.33 bits per heavy atom. The summed E-state index contributed by atoms with van der Waals surface area (Å²) >= 11 is 0. The average molecular weight is 255 g/mol. The van der Waals surface area contributed by atoms with E-state index in [1.165, 1.54) is 19.3 Å². The number of hydrogen-bond donors (Lipinski definition) is 3. The molecule has 4 heteroatoms. The molecule has 0 amide bonds. The van der Waals surface area contributed by atoms with E-state index in [-0.39, 0.29) is 5.41 Å². The molecule has 1 saturated carbocycles.